The van der Waals surface area contributed by atoms with Crippen LogP contribution in [-0.4, -0.2) is 52.6 Å². The van der Waals surface area contributed by atoms with Gasteiger partial charge in [0.2, 0.25) is 11.5 Å². The molecule has 0 fully saturated rings. The second-order valence-corrected chi connectivity index (χ2v) is 8.28. The van der Waals surface area contributed by atoms with Crippen LogP contribution in [-0.2, 0) is 16.7 Å². The maximum Gasteiger partial charge on any atom is 0.242 e. The van der Waals surface area contributed by atoms with Crippen LogP contribution < -0.4 is 15.1 Å². The predicted octanol–water partition coefficient (Wildman–Crippen LogP) is 2.53. The number of carbonyl (C=O) groups is 1. The van der Waals surface area contributed by atoms with Gasteiger partial charge < -0.3 is 14.2 Å². The number of Topliss-reactive ketones (excluding diaryl/α,β-unsaturated/α-hetero) is 1. The Kier molecular flexibility index (Phi) is 6.45. The van der Waals surface area contributed by atoms with Crippen LogP contribution in [0.3, 0.4) is 0 Å². The van der Waals surface area contributed by atoms with Crippen molar-refractivity contribution in [3.8, 4) is 11.6 Å². The molecule has 0 aliphatic heterocycles. The maximum absolute atomic E-state index is 13.2. The Balaban J connectivity index is 1.93. The molecule has 0 saturated carbocycles. The molecule has 1 N–H and O–H groups in total. The van der Waals surface area contributed by atoms with Crippen molar-refractivity contribution in [2.75, 3.05) is 27.4 Å². The van der Waals surface area contributed by atoms with Crippen molar-refractivity contribution in [3.05, 3.63) is 46.6 Å². The molecule has 0 spiro atoms. The van der Waals surface area contributed by atoms with Crippen molar-refractivity contribution in [2.45, 2.75) is 39.7 Å². The average molecular weight is 428 g/mol. The topological polar surface area (TPSA) is 104 Å². The minimum atomic E-state index is -0.152. The standard InChI is InChI=1S/C22H29N5O4/c1-14-16(11-15(30-6)12-17(14)22(2,3)4)18(28)13-26-21(23)27-19(24-26)7-8-20(25-27)31-10-9-29-5/h7-8,11-12,23H,9-10,13H2,1-6H3. The molecule has 0 atom stereocenters. The third-order valence-corrected chi connectivity index (χ3v) is 5.01. The normalized spacial score (nSPS) is 11.7. The van der Waals surface area contributed by atoms with Gasteiger partial charge >= 0.3 is 0 Å². The number of fused-ring (bicyclic) bond motifs is 1. The summed E-state index contributed by atoms with van der Waals surface area (Å²) in [7, 11) is 3.17. The Labute approximate surface area is 181 Å². The second-order valence-electron chi connectivity index (χ2n) is 8.28. The van der Waals surface area contributed by atoms with E-state index < -0.39 is 0 Å². The molecule has 0 unspecified atom stereocenters. The summed E-state index contributed by atoms with van der Waals surface area (Å²) in [4.78, 5) is 13.2. The van der Waals surface area contributed by atoms with E-state index in [1.54, 1.807) is 32.4 Å². The van der Waals surface area contributed by atoms with Gasteiger partial charge in [-0.05, 0) is 41.7 Å². The largest absolute Gasteiger partial charge is 0.497 e. The van der Waals surface area contributed by atoms with E-state index in [0.717, 1.165) is 11.1 Å². The number of ether oxygens (including phenoxy) is 3. The van der Waals surface area contributed by atoms with E-state index in [2.05, 4.69) is 31.0 Å². The quantitative estimate of drug-likeness (QED) is 0.438. The lowest BCUT2D eigenvalue weighted by Gasteiger charge is -2.24. The molecule has 0 saturated heterocycles. The van der Waals surface area contributed by atoms with Gasteiger partial charge in [-0.25, -0.2) is 4.68 Å². The van der Waals surface area contributed by atoms with Gasteiger partial charge in [0.05, 0.1) is 13.7 Å². The summed E-state index contributed by atoms with van der Waals surface area (Å²) in [5, 5.41) is 17.0. The number of rotatable bonds is 8. The lowest BCUT2D eigenvalue weighted by molar-refractivity contribution is 0.0964. The Morgan fingerprint density at radius 1 is 1.13 bits per heavy atom. The van der Waals surface area contributed by atoms with E-state index >= 15 is 0 Å². The zero-order valence-electron chi connectivity index (χ0n) is 18.9. The Hall–Kier alpha value is -3.20. The Morgan fingerprint density at radius 2 is 1.87 bits per heavy atom. The van der Waals surface area contributed by atoms with Crippen LogP contribution >= 0.6 is 0 Å². The number of hydrogen-bond acceptors (Lipinski definition) is 7. The molecule has 3 aromatic rings. The Morgan fingerprint density at radius 3 is 2.52 bits per heavy atom. The van der Waals surface area contributed by atoms with Gasteiger partial charge in [0.15, 0.2) is 11.4 Å². The van der Waals surface area contributed by atoms with Gasteiger partial charge in [-0.15, -0.1) is 10.2 Å². The van der Waals surface area contributed by atoms with Crippen LogP contribution in [0, 0.1) is 12.3 Å². The Bertz CT molecular complexity index is 1160. The summed E-state index contributed by atoms with van der Waals surface area (Å²) in [6.45, 7) is 8.93. The van der Waals surface area contributed by atoms with Crippen molar-refractivity contribution in [2.24, 2.45) is 0 Å². The van der Waals surface area contributed by atoms with Crippen LogP contribution in [0.5, 0.6) is 11.6 Å². The average Bonchev–Trinajstić information content (AvgIpc) is 3.02. The van der Waals surface area contributed by atoms with Crippen molar-refractivity contribution in [1.29, 1.82) is 5.41 Å². The zero-order valence-corrected chi connectivity index (χ0v) is 18.9. The summed E-state index contributed by atoms with van der Waals surface area (Å²) >= 11 is 0. The summed E-state index contributed by atoms with van der Waals surface area (Å²) in [5.41, 5.74) is 2.80. The van der Waals surface area contributed by atoms with E-state index in [1.807, 2.05) is 13.0 Å². The molecular weight excluding hydrogens is 398 g/mol. The molecule has 0 aliphatic rings. The third kappa shape index (κ3) is 4.77. The predicted molar refractivity (Wildman–Crippen MR) is 115 cm³/mol. The molecule has 2 heterocycles. The number of methoxy groups -OCH3 is 2. The van der Waals surface area contributed by atoms with Gasteiger partial charge in [0, 0.05) is 18.7 Å². The molecule has 2 aromatic heterocycles. The van der Waals surface area contributed by atoms with Gasteiger partial charge in [0.25, 0.3) is 0 Å². The van der Waals surface area contributed by atoms with Gasteiger partial charge in [-0.3, -0.25) is 10.2 Å². The van der Waals surface area contributed by atoms with E-state index in [0.29, 0.717) is 36.1 Å². The molecule has 0 amide bonds. The second kappa shape index (κ2) is 8.89. The molecule has 0 aliphatic carbocycles. The van der Waals surface area contributed by atoms with Crippen LogP contribution in [0.15, 0.2) is 24.3 Å². The lowest BCUT2D eigenvalue weighted by atomic mass is 9.82. The first-order valence-electron chi connectivity index (χ1n) is 10.0. The molecule has 9 heteroatoms. The van der Waals surface area contributed by atoms with Crippen molar-refractivity contribution < 1.29 is 19.0 Å². The van der Waals surface area contributed by atoms with Gasteiger partial charge in [-0.2, -0.15) is 4.52 Å². The number of ketones is 1. The number of nitrogens with one attached hydrogen (secondary N) is 1. The molecule has 1 aromatic carbocycles. The molecule has 3 rings (SSSR count). The summed E-state index contributed by atoms with van der Waals surface area (Å²) in [6.07, 6.45) is 0. The molecule has 0 radical (unpaired) electrons. The van der Waals surface area contributed by atoms with E-state index in [1.165, 1.54) is 9.20 Å². The number of nitrogens with zero attached hydrogens (tertiary/aromatic N) is 4. The van der Waals surface area contributed by atoms with Crippen LogP contribution in [0.4, 0.5) is 0 Å². The van der Waals surface area contributed by atoms with Gasteiger partial charge in [-0.1, -0.05) is 20.8 Å². The third-order valence-electron chi connectivity index (χ3n) is 5.01. The lowest BCUT2D eigenvalue weighted by Crippen LogP contribution is -2.27. The maximum atomic E-state index is 13.2. The first-order valence-corrected chi connectivity index (χ1v) is 10.0. The minimum Gasteiger partial charge on any atom is -0.497 e. The fraction of sp³-hybridized carbons (Fsp3) is 0.455. The van der Waals surface area contributed by atoms with E-state index in [4.69, 9.17) is 19.6 Å². The molecular formula is C22H29N5O4. The highest BCUT2D eigenvalue weighted by molar-refractivity contribution is 5.98. The fourth-order valence-electron chi connectivity index (χ4n) is 3.42. The van der Waals surface area contributed by atoms with Crippen LogP contribution in [0.25, 0.3) is 5.65 Å². The zero-order chi connectivity index (χ0) is 22.8. The van der Waals surface area contributed by atoms with Gasteiger partial charge in [0.1, 0.15) is 18.9 Å². The summed E-state index contributed by atoms with van der Waals surface area (Å²) in [5.74, 6) is 0.831. The van der Waals surface area contributed by atoms with Crippen molar-refractivity contribution in [3.63, 3.8) is 0 Å². The minimum absolute atomic E-state index is 0.0165. The van der Waals surface area contributed by atoms with E-state index in [9.17, 15) is 4.79 Å². The van der Waals surface area contributed by atoms with Crippen molar-refractivity contribution >= 4 is 11.4 Å². The highest BCUT2D eigenvalue weighted by atomic mass is 16.5. The van der Waals surface area contributed by atoms with Crippen molar-refractivity contribution in [1.82, 2.24) is 19.4 Å². The highest BCUT2D eigenvalue weighted by Crippen LogP contribution is 2.32. The molecule has 166 valence electrons. The first-order chi connectivity index (χ1) is 14.7. The summed E-state index contributed by atoms with van der Waals surface area (Å²) < 4.78 is 18.6. The SMILES string of the molecule is COCCOc1ccc2nn(CC(=O)c3cc(OC)cc(C(C)(C)C)c3C)c(=N)n2n1. The summed E-state index contributed by atoms with van der Waals surface area (Å²) in [6, 6.07) is 7.08. The number of hydrogen-bond donors (Lipinski definition) is 1. The van der Waals surface area contributed by atoms with Crippen LogP contribution in [0.2, 0.25) is 0 Å². The monoisotopic (exact) mass is 427 g/mol. The number of benzene rings is 1. The molecule has 9 nitrogen and oxygen atoms in total. The van der Waals surface area contributed by atoms with Crippen LogP contribution in [0.1, 0.15) is 42.3 Å². The number of carbonyl (C=O) groups excluding carboxylic acids is 1. The fourth-order valence-corrected chi connectivity index (χ4v) is 3.42. The smallest absolute Gasteiger partial charge is 0.242 e. The molecule has 0 bridgehead atoms. The first kappa shape index (κ1) is 22.5. The molecule has 31 heavy (non-hydrogen) atoms. The highest BCUT2D eigenvalue weighted by Gasteiger charge is 2.23. The van der Waals surface area contributed by atoms with E-state index in [-0.39, 0.29) is 23.4 Å². The number of aromatic nitrogens is 4.